The maximum atomic E-state index is 11.7. The van der Waals surface area contributed by atoms with E-state index in [0.717, 1.165) is 18.5 Å². The van der Waals surface area contributed by atoms with E-state index in [1.54, 1.807) is 26.4 Å². The van der Waals surface area contributed by atoms with E-state index >= 15 is 0 Å². The van der Waals surface area contributed by atoms with E-state index < -0.39 is 0 Å². The third-order valence-electron chi connectivity index (χ3n) is 3.04. The second kappa shape index (κ2) is 12.3. The standard InChI is InChI=1S/C16H26ClN5O.HI/c1-12(2)9-20-16(21-11-15(23)22(3)4)18-8-7-13-5-6-14(17)19-10-13;/h5-6,10,12H,7-9,11H2,1-4H3,(H2,18,20,21);1H. The van der Waals surface area contributed by atoms with Crippen molar-refractivity contribution in [1.29, 1.82) is 0 Å². The third kappa shape index (κ3) is 9.92. The van der Waals surface area contributed by atoms with E-state index in [4.69, 9.17) is 11.6 Å². The molecule has 0 aliphatic heterocycles. The molecule has 1 aromatic heterocycles. The molecule has 2 N–H and O–H groups in total. The molecule has 1 rings (SSSR count). The first kappa shape index (κ1) is 22.9. The van der Waals surface area contributed by atoms with Gasteiger partial charge in [0.2, 0.25) is 5.91 Å². The van der Waals surface area contributed by atoms with Gasteiger partial charge in [-0.3, -0.25) is 4.79 Å². The molecule has 24 heavy (non-hydrogen) atoms. The van der Waals surface area contributed by atoms with Gasteiger partial charge >= 0.3 is 0 Å². The number of guanidine groups is 1. The number of amides is 1. The van der Waals surface area contributed by atoms with E-state index in [0.29, 0.717) is 23.6 Å². The number of nitrogens with one attached hydrogen (secondary N) is 2. The van der Waals surface area contributed by atoms with Crippen LogP contribution in [-0.2, 0) is 11.2 Å². The van der Waals surface area contributed by atoms with E-state index in [-0.39, 0.29) is 36.4 Å². The van der Waals surface area contributed by atoms with E-state index in [1.807, 2.05) is 6.07 Å². The number of nitrogens with zero attached hydrogens (tertiary/aromatic N) is 3. The topological polar surface area (TPSA) is 69.6 Å². The van der Waals surface area contributed by atoms with Gasteiger partial charge in [-0.25, -0.2) is 9.98 Å². The maximum Gasteiger partial charge on any atom is 0.243 e. The van der Waals surface area contributed by atoms with Crippen LogP contribution in [0.15, 0.2) is 23.3 Å². The zero-order valence-corrected chi connectivity index (χ0v) is 17.8. The van der Waals surface area contributed by atoms with Crippen LogP contribution in [0.25, 0.3) is 0 Å². The minimum absolute atomic E-state index is 0. The van der Waals surface area contributed by atoms with Crippen molar-refractivity contribution in [3.8, 4) is 0 Å². The minimum Gasteiger partial charge on any atom is -0.356 e. The molecule has 8 heteroatoms. The Morgan fingerprint density at radius 1 is 1.33 bits per heavy atom. The number of carbonyl (C=O) groups is 1. The highest BCUT2D eigenvalue weighted by Crippen LogP contribution is 2.05. The fraction of sp³-hybridized carbons (Fsp3) is 0.562. The SMILES string of the molecule is CC(C)CNC(=NCC(=O)N(C)C)NCCc1ccc(Cl)nc1.I. The summed E-state index contributed by atoms with van der Waals surface area (Å²) in [7, 11) is 3.44. The summed E-state index contributed by atoms with van der Waals surface area (Å²) in [6.07, 6.45) is 2.56. The summed E-state index contributed by atoms with van der Waals surface area (Å²) in [5, 5.41) is 6.97. The van der Waals surface area contributed by atoms with Crippen LogP contribution in [0.5, 0.6) is 0 Å². The van der Waals surface area contributed by atoms with Crippen molar-refractivity contribution >= 4 is 47.4 Å². The molecule has 6 nitrogen and oxygen atoms in total. The Bertz CT molecular complexity index is 520. The minimum atomic E-state index is -0.0300. The Kier molecular flexibility index (Phi) is 11.7. The summed E-state index contributed by atoms with van der Waals surface area (Å²) in [6.45, 7) is 5.86. The lowest BCUT2D eigenvalue weighted by Gasteiger charge is -2.15. The molecule has 0 aliphatic carbocycles. The number of aliphatic imine (C=N–C) groups is 1. The first-order valence-electron chi connectivity index (χ1n) is 7.71. The Morgan fingerprint density at radius 3 is 2.58 bits per heavy atom. The van der Waals surface area contributed by atoms with E-state index in [2.05, 4.69) is 34.5 Å². The van der Waals surface area contributed by atoms with Crippen LogP contribution in [0.2, 0.25) is 5.15 Å². The van der Waals surface area contributed by atoms with Crippen LogP contribution in [0.1, 0.15) is 19.4 Å². The van der Waals surface area contributed by atoms with Gasteiger partial charge < -0.3 is 15.5 Å². The molecule has 0 saturated carbocycles. The summed E-state index contributed by atoms with van der Waals surface area (Å²) in [4.78, 5) is 21.6. The van der Waals surface area contributed by atoms with Crippen molar-refractivity contribution in [3.63, 3.8) is 0 Å². The maximum absolute atomic E-state index is 11.7. The van der Waals surface area contributed by atoms with Crippen molar-refractivity contribution in [2.45, 2.75) is 20.3 Å². The number of aromatic nitrogens is 1. The highest BCUT2D eigenvalue weighted by molar-refractivity contribution is 14.0. The lowest BCUT2D eigenvalue weighted by Crippen LogP contribution is -2.41. The molecule has 0 spiro atoms. The van der Waals surface area contributed by atoms with Gasteiger partial charge in [-0.15, -0.1) is 24.0 Å². The number of hydrogen-bond acceptors (Lipinski definition) is 3. The molecule has 136 valence electrons. The molecule has 0 radical (unpaired) electrons. The number of carbonyl (C=O) groups excluding carboxylic acids is 1. The van der Waals surface area contributed by atoms with Gasteiger partial charge in [0.15, 0.2) is 5.96 Å². The Labute approximate surface area is 166 Å². The first-order chi connectivity index (χ1) is 10.9. The zero-order valence-electron chi connectivity index (χ0n) is 14.7. The molecular weight excluding hydrogens is 441 g/mol. The van der Waals surface area contributed by atoms with Crippen LogP contribution < -0.4 is 10.6 Å². The summed E-state index contributed by atoms with van der Waals surface area (Å²) >= 11 is 5.77. The van der Waals surface area contributed by atoms with E-state index in [9.17, 15) is 4.79 Å². The quantitative estimate of drug-likeness (QED) is 0.279. The van der Waals surface area contributed by atoms with Gasteiger partial charge in [-0.05, 0) is 24.0 Å². The Balaban J connectivity index is 0.00000529. The smallest absolute Gasteiger partial charge is 0.243 e. The fourth-order valence-electron chi connectivity index (χ4n) is 1.64. The van der Waals surface area contributed by atoms with Crippen LogP contribution in [0.3, 0.4) is 0 Å². The molecule has 0 aliphatic rings. The van der Waals surface area contributed by atoms with Crippen LogP contribution in [0, 0.1) is 5.92 Å². The third-order valence-corrected chi connectivity index (χ3v) is 3.27. The highest BCUT2D eigenvalue weighted by atomic mass is 127. The average molecular weight is 468 g/mol. The Hall–Kier alpha value is -1.09. The molecule has 1 aromatic rings. The van der Waals surface area contributed by atoms with Gasteiger partial charge in [-0.1, -0.05) is 31.5 Å². The van der Waals surface area contributed by atoms with Gasteiger partial charge in [-0.2, -0.15) is 0 Å². The molecule has 0 fully saturated rings. The molecule has 0 bridgehead atoms. The van der Waals surface area contributed by atoms with Crippen molar-refractivity contribution in [2.75, 3.05) is 33.7 Å². The summed E-state index contributed by atoms with van der Waals surface area (Å²) in [5.74, 6) is 1.11. The fourth-order valence-corrected chi connectivity index (χ4v) is 1.75. The molecule has 0 unspecified atom stereocenters. The molecule has 0 atom stereocenters. The molecule has 0 saturated heterocycles. The lowest BCUT2D eigenvalue weighted by atomic mass is 10.2. The predicted molar refractivity (Wildman–Crippen MR) is 110 cm³/mol. The zero-order chi connectivity index (χ0) is 17.2. The molecule has 1 heterocycles. The number of likely N-dealkylation sites (N-methyl/N-ethyl adjacent to an activating group) is 1. The van der Waals surface area contributed by atoms with Gasteiger partial charge in [0.05, 0.1) is 0 Å². The Morgan fingerprint density at radius 2 is 2.04 bits per heavy atom. The second-order valence-electron chi connectivity index (χ2n) is 5.89. The van der Waals surface area contributed by atoms with Crippen LogP contribution in [-0.4, -0.2) is 55.5 Å². The van der Waals surface area contributed by atoms with Gasteiger partial charge in [0.1, 0.15) is 11.7 Å². The monoisotopic (exact) mass is 467 g/mol. The molecule has 0 aromatic carbocycles. The normalized spacial score (nSPS) is 11.0. The largest absolute Gasteiger partial charge is 0.356 e. The van der Waals surface area contributed by atoms with Crippen molar-refractivity contribution in [3.05, 3.63) is 29.0 Å². The highest BCUT2D eigenvalue weighted by Gasteiger charge is 2.05. The van der Waals surface area contributed by atoms with Gasteiger partial charge in [0.25, 0.3) is 0 Å². The summed E-state index contributed by atoms with van der Waals surface area (Å²) in [6, 6.07) is 3.73. The number of halogens is 2. The predicted octanol–water partition coefficient (Wildman–Crippen LogP) is 2.17. The second-order valence-corrected chi connectivity index (χ2v) is 6.28. The van der Waals surface area contributed by atoms with Crippen LogP contribution in [0.4, 0.5) is 0 Å². The van der Waals surface area contributed by atoms with Crippen molar-refractivity contribution in [1.82, 2.24) is 20.5 Å². The van der Waals surface area contributed by atoms with Crippen molar-refractivity contribution in [2.24, 2.45) is 10.9 Å². The van der Waals surface area contributed by atoms with Crippen molar-refractivity contribution < 1.29 is 4.79 Å². The molecular formula is C16H27ClIN5O. The number of hydrogen-bond donors (Lipinski definition) is 2. The number of pyridine rings is 1. The summed E-state index contributed by atoms with van der Waals surface area (Å²) < 4.78 is 0. The first-order valence-corrected chi connectivity index (χ1v) is 8.09. The van der Waals surface area contributed by atoms with E-state index in [1.165, 1.54) is 4.90 Å². The average Bonchev–Trinajstić information content (AvgIpc) is 2.50. The van der Waals surface area contributed by atoms with Crippen LogP contribution >= 0.6 is 35.6 Å². The lowest BCUT2D eigenvalue weighted by molar-refractivity contribution is -0.127. The van der Waals surface area contributed by atoms with Gasteiger partial charge in [0, 0.05) is 33.4 Å². The molecule has 1 amide bonds. The summed E-state index contributed by atoms with van der Waals surface area (Å²) in [5.41, 5.74) is 1.09. The number of rotatable bonds is 7.